The van der Waals surface area contributed by atoms with Crippen LogP contribution in [0.2, 0.25) is 0 Å². The summed E-state index contributed by atoms with van der Waals surface area (Å²) in [4.78, 5) is 15.6. The number of benzene rings is 1. The molecule has 7 nitrogen and oxygen atoms in total. The van der Waals surface area contributed by atoms with Crippen LogP contribution in [0.5, 0.6) is 5.75 Å². The molecular formula is C14H19N3O4S. The fourth-order valence-electron chi connectivity index (χ4n) is 1.55. The van der Waals surface area contributed by atoms with Crippen molar-refractivity contribution in [1.29, 1.82) is 0 Å². The van der Waals surface area contributed by atoms with Gasteiger partial charge in [0.25, 0.3) is 5.91 Å². The van der Waals surface area contributed by atoms with Crippen molar-refractivity contribution < 1.29 is 19.4 Å². The number of amides is 1. The van der Waals surface area contributed by atoms with Crippen molar-refractivity contribution in [2.24, 2.45) is 10.7 Å². The molecule has 1 rings (SSSR count). The molecule has 0 radical (unpaired) electrons. The van der Waals surface area contributed by atoms with E-state index in [1.54, 1.807) is 24.3 Å². The molecule has 1 aromatic carbocycles. The van der Waals surface area contributed by atoms with Crippen molar-refractivity contribution in [2.75, 3.05) is 32.9 Å². The van der Waals surface area contributed by atoms with E-state index in [0.29, 0.717) is 24.4 Å². The lowest BCUT2D eigenvalue weighted by Crippen LogP contribution is -2.29. The topological polar surface area (TPSA) is 106 Å². The number of carbonyl (C=O) groups excluding carboxylic acids is 1. The number of isothiocyanates is 1. The average molecular weight is 325 g/mol. The molecule has 0 aromatic heterocycles. The summed E-state index contributed by atoms with van der Waals surface area (Å²) in [6, 6.07) is 6.70. The number of carbonyl (C=O) groups is 1. The summed E-state index contributed by atoms with van der Waals surface area (Å²) in [5, 5.41) is 13.6. The SMILES string of the molecule is NCCNC(=O)c1cccc(OCC(N=C=S)OCCO)c1. The van der Waals surface area contributed by atoms with Crippen LogP contribution < -0.4 is 15.8 Å². The fourth-order valence-corrected chi connectivity index (χ4v) is 1.67. The highest BCUT2D eigenvalue weighted by Crippen LogP contribution is 2.14. The largest absolute Gasteiger partial charge is 0.489 e. The first-order valence-corrected chi connectivity index (χ1v) is 7.12. The second-order valence-corrected chi connectivity index (χ2v) is 4.34. The van der Waals surface area contributed by atoms with Crippen LogP contribution in [0.4, 0.5) is 0 Å². The van der Waals surface area contributed by atoms with Gasteiger partial charge in [0.05, 0.1) is 18.4 Å². The minimum absolute atomic E-state index is 0.0948. The molecule has 1 unspecified atom stereocenters. The molecule has 1 amide bonds. The Kier molecular flexibility index (Phi) is 8.97. The van der Waals surface area contributed by atoms with Crippen LogP contribution in [0.15, 0.2) is 29.3 Å². The molecule has 1 atom stereocenters. The summed E-state index contributed by atoms with van der Waals surface area (Å²) in [5.41, 5.74) is 5.81. The number of rotatable bonds is 10. The summed E-state index contributed by atoms with van der Waals surface area (Å²) in [5.74, 6) is 0.276. The quantitative estimate of drug-likeness (QED) is 0.419. The molecule has 0 saturated carbocycles. The van der Waals surface area contributed by atoms with Gasteiger partial charge in [-0.2, -0.15) is 4.99 Å². The molecule has 120 valence electrons. The normalized spacial score (nSPS) is 11.4. The Morgan fingerprint density at radius 3 is 3.05 bits per heavy atom. The van der Waals surface area contributed by atoms with Crippen molar-refractivity contribution in [3.63, 3.8) is 0 Å². The predicted octanol–water partition coefficient (Wildman–Crippen LogP) is 0.192. The van der Waals surface area contributed by atoms with Gasteiger partial charge in [-0.15, -0.1) is 0 Å². The number of nitrogens with two attached hydrogens (primary N) is 1. The van der Waals surface area contributed by atoms with Crippen molar-refractivity contribution in [3.8, 4) is 5.75 Å². The van der Waals surface area contributed by atoms with Gasteiger partial charge in [0.1, 0.15) is 12.4 Å². The van der Waals surface area contributed by atoms with E-state index in [1.165, 1.54) is 0 Å². The number of nitrogens with one attached hydrogen (secondary N) is 1. The molecular weight excluding hydrogens is 306 g/mol. The van der Waals surface area contributed by atoms with E-state index in [1.807, 2.05) is 0 Å². The van der Waals surface area contributed by atoms with Gasteiger partial charge in [0, 0.05) is 18.7 Å². The van der Waals surface area contributed by atoms with Gasteiger partial charge >= 0.3 is 0 Å². The highest BCUT2D eigenvalue weighted by molar-refractivity contribution is 7.78. The van der Waals surface area contributed by atoms with Crippen molar-refractivity contribution in [3.05, 3.63) is 29.8 Å². The molecule has 8 heteroatoms. The minimum Gasteiger partial charge on any atom is -0.489 e. The van der Waals surface area contributed by atoms with Crippen LogP contribution in [0.1, 0.15) is 10.4 Å². The molecule has 1 aromatic rings. The zero-order chi connectivity index (χ0) is 16.2. The number of aliphatic imine (C=N–C) groups is 1. The summed E-state index contributed by atoms with van der Waals surface area (Å²) in [6.07, 6.45) is -0.653. The Balaban J connectivity index is 2.61. The average Bonchev–Trinajstić information content (AvgIpc) is 2.55. The minimum atomic E-state index is -0.653. The van der Waals surface area contributed by atoms with Crippen LogP contribution in [0, 0.1) is 0 Å². The Morgan fingerprint density at radius 2 is 2.36 bits per heavy atom. The maximum Gasteiger partial charge on any atom is 0.251 e. The van der Waals surface area contributed by atoms with Crippen molar-refractivity contribution >= 4 is 23.3 Å². The van der Waals surface area contributed by atoms with Gasteiger partial charge in [-0.1, -0.05) is 6.07 Å². The third-order valence-corrected chi connectivity index (χ3v) is 2.62. The molecule has 22 heavy (non-hydrogen) atoms. The number of hydrogen-bond donors (Lipinski definition) is 3. The summed E-state index contributed by atoms with van der Waals surface area (Å²) < 4.78 is 10.7. The maximum atomic E-state index is 11.8. The monoisotopic (exact) mass is 325 g/mol. The number of thiocarbonyl (C=S) groups is 1. The molecule has 0 saturated heterocycles. The highest BCUT2D eigenvalue weighted by Gasteiger charge is 2.09. The number of nitrogens with zero attached hydrogens (tertiary/aromatic N) is 1. The van der Waals surface area contributed by atoms with E-state index in [9.17, 15) is 4.79 Å². The summed E-state index contributed by atoms with van der Waals surface area (Å²) in [7, 11) is 0. The first kappa shape index (κ1) is 18.2. The van der Waals surface area contributed by atoms with E-state index < -0.39 is 6.23 Å². The van der Waals surface area contributed by atoms with Gasteiger partial charge in [-0.05, 0) is 30.4 Å². The Labute approximate surface area is 134 Å². The lowest BCUT2D eigenvalue weighted by Gasteiger charge is -2.13. The van der Waals surface area contributed by atoms with Gasteiger partial charge in [-0.3, -0.25) is 4.79 Å². The second kappa shape index (κ2) is 10.8. The molecule has 0 heterocycles. The predicted molar refractivity (Wildman–Crippen MR) is 85.2 cm³/mol. The third kappa shape index (κ3) is 6.75. The highest BCUT2D eigenvalue weighted by atomic mass is 32.1. The third-order valence-electron chi connectivity index (χ3n) is 2.52. The number of hydrogen-bond acceptors (Lipinski definition) is 7. The fraction of sp³-hybridized carbons (Fsp3) is 0.429. The van der Waals surface area contributed by atoms with E-state index >= 15 is 0 Å². The van der Waals surface area contributed by atoms with Gasteiger partial charge < -0.3 is 25.6 Å². The van der Waals surface area contributed by atoms with E-state index in [-0.39, 0.29) is 25.7 Å². The van der Waals surface area contributed by atoms with E-state index in [2.05, 4.69) is 27.7 Å². The van der Waals surface area contributed by atoms with Crippen LogP contribution in [-0.4, -0.2) is 55.3 Å². The standard InChI is InChI=1S/C14H19N3O4S/c15-4-5-16-14(19)11-2-1-3-12(8-11)21-9-13(17-10-22)20-7-6-18/h1-3,8,13,18H,4-7,9,15H2,(H,16,19). The molecule has 0 aliphatic heterocycles. The Hall–Kier alpha value is -1.83. The number of aliphatic hydroxyl groups is 1. The van der Waals surface area contributed by atoms with Crippen LogP contribution in [0.3, 0.4) is 0 Å². The summed E-state index contributed by atoms with van der Waals surface area (Å²) in [6.45, 7) is 0.875. The molecule has 0 bridgehead atoms. The van der Waals surface area contributed by atoms with Crippen molar-refractivity contribution in [1.82, 2.24) is 5.32 Å². The first-order chi connectivity index (χ1) is 10.7. The number of ether oxygens (including phenoxy) is 2. The van der Waals surface area contributed by atoms with E-state index in [0.717, 1.165) is 0 Å². The molecule has 4 N–H and O–H groups in total. The van der Waals surface area contributed by atoms with Crippen molar-refractivity contribution in [2.45, 2.75) is 6.23 Å². The van der Waals surface area contributed by atoms with Gasteiger partial charge in [0.15, 0.2) is 6.23 Å². The molecule has 0 aliphatic rings. The Bertz CT molecular complexity index is 521. The maximum absolute atomic E-state index is 11.8. The zero-order valence-corrected chi connectivity index (χ0v) is 12.8. The first-order valence-electron chi connectivity index (χ1n) is 6.71. The lowest BCUT2D eigenvalue weighted by molar-refractivity contribution is 0.00840. The van der Waals surface area contributed by atoms with Crippen LogP contribution >= 0.6 is 12.2 Å². The van der Waals surface area contributed by atoms with Crippen LogP contribution in [0.25, 0.3) is 0 Å². The lowest BCUT2D eigenvalue weighted by atomic mass is 10.2. The Morgan fingerprint density at radius 1 is 1.55 bits per heavy atom. The molecule has 0 spiro atoms. The van der Waals surface area contributed by atoms with E-state index in [4.69, 9.17) is 20.3 Å². The zero-order valence-electron chi connectivity index (χ0n) is 12.0. The summed E-state index contributed by atoms with van der Waals surface area (Å²) >= 11 is 4.53. The smallest absolute Gasteiger partial charge is 0.251 e. The van der Waals surface area contributed by atoms with Crippen LogP contribution in [-0.2, 0) is 4.74 Å². The second-order valence-electron chi connectivity index (χ2n) is 4.15. The van der Waals surface area contributed by atoms with Gasteiger partial charge in [0.2, 0.25) is 0 Å². The molecule has 0 fully saturated rings. The molecule has 0 aliphatic carbocycles. The number of aliphatic hydroxyl groups excluding tert-OH is 1. The van der Waals surface area contributed by atoms with Gasteiger partial charge in [-0.25, -0.2) is 0 Å².